The minimum Gasteiger partial charge on any atom is -0.483 e. The van der Waals surface area contributed by atoms with Crippen LogP contribution in [0.5, 0.6) is 5.75 Å². The van der Waals surface area contributed by atoms with Gasteiger partial charge in [-0.25, -0.2) is 4.98 Å². The number of rotatable bonds is 3. The Labute approximate surface area is 112 Å². The monoisotopic (exact) mass is 309 g/mol. The van der Waals surface area contributed by atoms with Crippen LogP contribution in [0.25, 0.3) is 10.9 Å². The van der Waals surface area contributed by atoms with Crippen molar-refractivity contribution in [3.8, 4) is 5.75 Å². The van der Waals surface area contributed by atoms with Crippen molar-refractivity contribution in [2.45, 2.75) is 6.92 Å². The smallest absolute Gasteiger partial charge is 0.177 e. The molecule has 0 aliphatic rings. The maximum absolute atomic E-state index is 8.47. The Morgan fingerprint density at radius 1 is 1.44 bits per heavy atom. The van der Waals surface area contributed by atoms with Crippen LogP contribution in [0.3, 0.4) is 0 Å². The van der Waals surface area contributed by atoms with E-state index in [2.05, 4.69) is 26.1 Å². The third-order valence-corrected chi connectivity index (χ3v) is 3.10. The normalized spacial score (nSPS) is 11.8. The SMILES string of the molecule is Cc1ccc2c(Br)ccc(OC/C(N)=N/O)c2n1. The highest BCUT2D eigenvalue weighted by atomic mass is 79.9. The Morgan fingerprint density at radius 2 is 2.22 bits per heavy atom. The fraction of sp³-hybridized carbons (Fsp3) is 0.167. The van der Waals surface area contributed by atoms with Crippen LogP contribution in [0, 0.1) is 6.92 Å². The molecule has 1 aromatic carbocycles. The predicted molar refractivity (Wildman–Crippen MR) is 73.1 cm³/mol. The zero-order chi connectivity index (χ0) is 13.1. The number of fused-ring (bicyclic) bond motifs is 1. The van der Waals surface area contributed by atoms with Crippen LogP contribution in [-0.2, 0) is 0 Å². The van der Waals surface area contributed by atoms with E-state index < -0.39 is 0 Å². The van der Waals surface area contributed by atoms with Gasteiger partial charge in [0, 0.05) is 15.6 Å². The van der Waals surface area contributed by atoms with Crippen molar-refractivity contribution in [2.75, 3.05) is 6.61 Å². The number of aromatic nitrogens is 1. The first-order valence-corrected chi connectivity index (χ1v) is 6.06. The molecule has 0 atom stereocenters. The van der Waals surface area contributed by atoms with Gasteiger partial charge in [0.1, 0.15) is 17.9 Å². The van der Waals surface area contributed by atoms with Crippen LogP contribution < -0.4 is 10.5 Å². The molecule has 0 radical (unpaired) electrons. The molecule has 94 valence electrons. The topological polar surface area (TPSA) is 80.7 Å². The van der Waals surface area contributed by atoms with Crippen LogP contribution in [0.1, 0.15) is 5.69 Å². The van der Waals surface area contributed by atoms with E-state index in [1.54, 1.807) is 6.07 Å². The minimum absolute atomic E-state index is 0.0127. The molecule has 5 nitrogen and oxygen atoms in total. The number of halogens is 1. The van der Waals surface area contributed by atoms with E-state index in [4.69, 9.17) is 15.7 Å². The summed E-state index contributed by atoms with van der Waals surface area (Å²) in [7, 11) is 0. The van der Waals surface area contributed by atoms with E-state index >= 15 is 0 Å². The van der Waals surface area contributed by atoms with Gasteiger partial charge in [0.2, 0.25) is 0 Å². The second kappa shape index (κ2) is 5.22. The lowest BCUT2D eigenvalue weighted by Crippen LogP contribution is -2.20. The highest BCUT2D eigenvalue weighted by Crippen LogP contribution is 2.30. The molecule has 0 amide bonds. The summed E-state index contributed by atoms with van der Waals surface area (Å²) in [6, 6.07) is 7.57. The van der Waals surface area contributed by atoms with Crippen molar-refractivity contribution in [3.05, 3.63) is 34.4 Å². The number of benzene rings is 1. The van der Waals surface area contributed by atoms with E-state index in [9.17, 15) is 0 Å². The molecular weight excluding hydrogens is 298 g/mol. The Balaban J connectivity index is 2.44. The molecule has 2 aromatic rings. The first kappa shape index (κ1) is 12.6. The molecule has 0 bridgehead atoms. The number of nitrogens with zero attached hydrogens (tertiary/aromatic N) is 2. The quantitative estimate of drug-likeness (QED) is 0.395. The van der Waals surface area contributed by atoms with Crippen molar-refractivity contribution in [3.63, 3.8) is 0 Å². The van der Waals surface area contributed by atoms with Crippen LogP contribution in [-0.4, -0.2) is 22.6 Å². The molecule has 0 aliphatic heterocycles. The molecule has 1 heterocycles. The summed E-state index contributed by atoms with van der Waals surface area (Å²) < 4.78 is 6.43. The van der Waals surface area contributed by atoms with Crippen molar-refractivity contribution < 1.29 is 9.94 Å². The van der Waals surface area contributed by atoms with Crippen LogP contribution in [0.15, 0.2) is 33.9 Å². The van der Waals surface area contributed by atoms with E-state index in [-0.39, 0.29) is 12.4 Å². The Bertz CT molecular complexity index is 614. The standard InChI is InChI=1S/C12H12BrN3O2/c1-7-2-3-8-9(13)4-5-10(12(8)15-7)18-6-11(14)16-17/h2-5,17H,6H2,1H3,(H2,14,16). The van der Waals surface area contributed by atoms with Crippen LogP contribution in [0.4, 0.5) is 0 Å². The lowest BCUT2D eigenvalue weighted by atomic mass is 10.2. The minimum atomic E-state index is 0.0127. The van der Waals surface area contributed by atoms with Gasteiger partial charge in [-0.2, -0.15) is 0 Å². The Morgan fingerprint density at radius 3 is 2.94 bits per heavy atom. The zero-order valence-corrected chi connectivity index (χ0v) is 11.3. The first-order chi connectivity index (χ1) is 8.61. The lowest BCUT2D eigenvalue weighted by Gasteiger charge is -2.09. The number of hydrogen-bond donors (Lipinski definition) is 2. The van der Waals surface area contributed by atoms with E-state index in [0.29, 0.717) is 5.75 Å². The van der Waals surface area contributed by atoms with Gasteiger partial charge in [-0.05, 0) is 31.2 Å². The highest BCUT2D eigenvalue weighted by molar-refractivity contribution is 9.10. The number of pyridine rings is 1. The molecule has 0 spiro atoms. The lowest BCUT2D eigenvalue weighted by molar-refractivity contribution is 0.307. The number of oxime groups is 1. The summed E-state index contributed by atoms with van der Waals surface area (Å²) in [6.07, 6.45) is 0. The molecule has 6 heteroatoms. The maximum atomic E-state index is 8.47. The highest BCUT2D eigenvalue weighted by Gasteiger charge is 2.08. The number of nitrogens with two attached hydrogens (primary N) is 1. The van der Waals surface area contributed by atoms with Gasteiger partial charge in [0.15, 0.2) is 5.84 Å². The van der Waals surface area contributed by atoms with Gasteiger partial charge in [0.05, 0.1) is 0 Å². The molecule has 0 aliphatic carbocycles. The van der Waals surface area contributed by atoms with Crippen LogP contribution >= 0.6 is 15.9 Å². The molecule has 0 unspecified atom stereocenters. The zero-order valence-electron chi connectivity index (χ0n) is 9.72. The molecule has 1 aromatic heterocycles. The molecule has 2 rings (SSSR count). The van der Waals surface area contributed by atoms with Gasteiger partial charge in [-0.1, -0.05) is 21.1 Å². The average Bonchev–Trinajstić information content (AvgIpc) is 2.37. The summed E-state index contributed by atoms with van der Waals surface area (Å²) in [6.45, 7) is 1.93. The third kappa shape index (κ3) is 2.53. The average molecular weight is 310 g/mol. The second-order valence-electron chi connectivity index (χ2n) is 3.77. The number of aryl methyl sites for hydroxylation is 1. The number of hydrogen-bond acceptors (Lipinski definition) is 4. The molecule has 18 heavy (non-hydrogen) atoms. The Hall–Kier alpha value is -1.82. The molecule has 0 fully saturated rings. The predicted octanol–water partition coefficient (Wildman–Crippen LogP) is 2.43. The number of ether oxygens (including phenoxy) is 1. The summed E-state index contributed by atoms with van der Waals surface area (Å²) >= 11 is 3.47. The molecule has 0 saturated carbocycles. The summed E-state index contributed by atoms with van der Waals surface area (Å²) in [5.74, 6) is 0.613. The summed E-state index contributed by atoms with van der Waals surface area (Å²) in [5, 5.41) is 12.3. The first-order valence-electron chi connectivity index (χ1n) is 5.27. The van der Waals surface area contributed by atoms with Gasteiger partial charge in [0.25, 0.3) is 0 Å². The fourth-order valence-electron chi connectivity index (χ4n) is 1.55. The van der Waals surface area contributed by atoms with Crippen LogP contribution in [0.2, 0.25) is 0 Å². The van der Waals surface area contributed by atoms with E-state index in [0.717, 1.165) is 21.1 Å². The van der Waals surface area contributed by atoms with Gasteiger partial charge < -0.3 is 15.7 Å². The second-order valence-corrected chi connectivity index (χ2v) is 4.63. The largest absolute Gasteiger partial charge is 0.483 e. The Kier molecular flexibility index (Phi) is 3.66. The van der Waals surface area contributed by atoms with Crippen molar-refractivity contribution in [2.24, 2.45) is 10.9 Å². The van der Waals surface area contributed by atoms with Crippen molar-refractivity contribution in [1.29, 1.82) is 0 Å². The molecule has 3 N–H and O–H groups in total. The van der Waals surface area contributed by atoms with Gasteiger partial charge in [-0.15, -0.1) is 0 Å². The summed E-state index contributed by atoms with van der Waals surface area (Å²) in [5.41, 5.74) is 7.01. The van der Waals surface area contributed by atoms with Gasteiger partial charge >= 0.3 is 0 Å². The maximum Gasteiger partial charge on any atom is 0.177 e. The van der Waals surface area contributed by atoms with Crippen molar-refractivity contribution >= 4 is 32.7 Å². The van der Waals surface area contributed by atoms with Gasteiger partial charge in [-0.3, -0.25) is 0 Å². The molecular formula is C12H12BrN3O2. The van der Waals surface area contributed by atoms with E-state index in [1.807, 2.05) is 25.1 Å². The number of amidine groups is 1. The van der Waals surface area contributed by atoms with Crippen molar-refractivity contribution in [1.82, 2.24) is 4.98 Å². The summed E-state index contributed by atoms with van der Waals surface area (Å²) in [4.78, 5) is 4.44. The third-order valence-electron chi connectivity index (χ3n) is 2.41. The molecule has 0 saturated heterocycles. The fourth-order valence-corrected chi connectivity index (χ4v) is 2.00. The van der Waals surface area contributed by atoms with E-state index in [1.165, 1.54) is 0 Å².